The highest BCUT2D eigenvalue weighted by molar-refractivity contribution is 6.12. The molecule has 10 aromatic carbocycles. The van der Waals surface area contributed by atoms with E-state index >= 15 is 0 Å². The Bertz CT molecular complexity index is 3150. The second-order valence-corrected chi connectivity index (χ2v) is 16.7. The van der Waals surface area contributed by atoms with E-state index in [0.29, 0.717) is 5.92 Å². The van der Waals surface area contributed by atoms with Gasteiger partial charge in [0.15, 0.2) is 0 Å². The summed E-state index contributed by atoms with van der Waals surface area (Å²) in [6, 6.07) is 80.8. The van der Waals surface area contributed by atoms with Gasteiger partial charge in [-0.3, -0.25) is 0 Å². The van der Waals surface area contributed by atoms with Gasteiger partial charge in [0.2, 0.25) is 0 Å². The topological polar surface area (TPSA) is 3.24 Å². The molecule has 11 rings (SSSR count). The quantitative estimate of drug-likeness (QED) is 0.139. The van der Waals surface area contributed by atoms with Crippen LogP contribution in [-0.2, 0) is 0 Å². The van der Waals surface area contributed by atoms with Crippen LogP contribution in [0.2, 0.25) is 0 Å². The summed E-state index contributed by atoms with van der Waals surface area (Å²) in [5, 5.41) is 7.80. The number of hydrogen-bond donors (Lipinski definition) is 0. The van der Waals surface area contributed by atoms with Crippen molar-refractivity contribution in [2.75, 3.05) is 4.90 Å². The van der Waals surface area contributed by atoms with Crippen molar-refractivity contribution in [1.29, 1.82) is 0 Å². The molecular weight excluding hydrogens is 735 g/mol. The highest BCUT2D eigenvalue weighted by Crippen LogP contribution is 2.47. The van der Waals surface area contributed by atoms with E-state index < -0.39 is 0 Å². The molecule has 1 heteroatoms. The summed E-state index contributed by atoms with van der Waals surface area (Å²) in [4.78, 5) is 2.48. The number of fused-ring (bicyclic) bond motifs is 4. The first kappa shape index (κ1) is 36.8. The van der Waals surface area contributed by atoms with Gasteiger partial charge < -0.3 is 4.90 Å². The molecule has 0 heterocycles. The van der Waals surface area contributed by atoms with Gasteiger partial charge in [-0.1, -0.05) is 207 Å². The second kappa shape index (κ2) is 16.1. The van der Waals surface area contributed by atoms with Crippen LogP contribution in [0.5, 0.6) is 0 Å². The van der Waals surface area contributed by atoms with Gasteiger partial charge in [-0.25, -0.2) is 0 Å². The molecule has 0 radical (unpaired) electrons. The van der Waals surface area contributed by atoms with E-state index in [0.717, 1.165) is 17.1 Å². The fraction of sp³-hybridized carbons (Fsp3) is 0.100. The average Bonchev–Trinajstić information content (AvgIpc) is 3.34. The zero-order chi connectivity index (χ0) is 40.5. The Labute approximate surface area is 359 Å². The van der Waals surface area contributed by atoms with Crippen LogP contribution in [0, 0.1) is 0 Å². The van der Waals surface area contributed by atoms with Gasteiger partial charge in [-0.15, -0.1) is 0 Å². The van der Waals surface area contributed by atoms with Crippen molar-refractivity contribution in [3.05, 3.63) is 224 Å². The molecule has 0 atom stereocenters. The smallest absolute Gasteiger partial charge is 0.0540 e. The van der Waals surface area contributed by atoms with Gasteiger partial charge in [-0.05, 0) is 126 Å². The third-order valence-corrected chi connectivity index (χ3v) is 13.1. The maximum absolute atomic E-state index is 2.48. The molecule has 0 aliphatic heterocycles. The molecule has 10 aromatic rings. The third kappa shape index (κ3) is 6.97. The van der Waals surface area contributed by atoms with Gasteiger partial charge in [0, 0.05) is 16.9 Å². The average molecular weight is 782 g/mol. The molecule has 0 unspecified atom stereocenters. The van der Waals surface area contributed by atoms with Gasteiger partial charge in [0.05, 0.1) is 5.69 Å². The molecule has 0 N–H and O–H groups in total. The number of hydrogen-bond acceptors (Lipinski definition) is 1. The van der Waals surface area contributed by atoms with Crippen molar-refractivity contribution in [1.82, 2.24) is 0 Å². The van der Waals surface area contributed by atoms with Crippen molar-refractivity contribution < 1.29 is 0 Å². The number of nitrogens with zero attached hydrogens (tertiary/aromatic N) is 1. The summed E-state index contributed by atoms with van der Waals surface area (Å²) in [6.07, 6.45) is 6.49. The summed E-state index contributed by atoms with van der Waals surface area (Å²) in [5.41, 5.74) is 14.7. The Morgan fingerprint density at radius 1 is 0.328 bits per heavy atom. The molecule has 1 aliphatic rings. The maximum atomic E-state index is 2.48. The summed E-state index contributed by atoms with van der Waals surface area (Å²) in [6.45, 7) is 0. The lowest BCUT2D eigenvalue weighted by molar-refractivity contribution is 0.445. The van der Waals surface area contributed by atoms with E-state index in [2.05, 4.69) is 223 Å². The van der Waals surface area contributed by atoms with E-state index in [1.807, 2.05) is 0 Å². The molecule has 1 nitrogen and oxygen atoms in total. The van der Waals surface area contributed by atoms with Crippen molar-refractivity contribution in [3.8, 4) is 44.5 Å². The minimum Gasteiger partial charge on any atom is -0.310 e. The van der Waals surface area contributed by atoms with Crippen LogP contribution >= 0.6 is 0 Å². The van der Waals surface area contributed by atoms with E-state index in [1.54, 1.807) is 0 Å². The van der Waals surface area contributed by atoms with E-state index in [9.17, 15) is 0 Å². The Balaban J connectivity index is 1.07. The molecule has 0 amide bonds. The van der Waals surface area contributed by atoms with Crippen LogP contribution in [0.1, 0.15) is 43.6 Å². The monoisotopic (exact) mass is 781 g/mol. The highest BCUT2D eigenvalue weighted by atomic mass is 15.1. The van der Waals surface area contributed by atoms with E-state index in [4.69, 9.17) is 0 Å². The number of benzene rings is 10. The Kier molecular flexibility index (Phi) is 9.71. The van der Waals surface area contributed by atoms with Gasteiger partial charge in [-0.2, -0.15) is 0 Å². The minimum atomic E-state index is 0.589. The van der Waals surface area contributed by atoms with Crippen molar-refractivity contribution in [2.24, 2.45) is 0 Å². The molecule has 61 heavy (non-hydrogen) atoms. The normalized spacial score (nSPS) is 13.2. The molecule has 1 aliphatic carbocycles. The summed E-state index contributed by atoms with van der Waals surface area (Å²) < 4.78 is 0. The maximum Gasteiger partial charge on any atom is 0.0540 e. The molecule has 292 valence electrons. The summed E-state index contributed by atoms with van der Waals surface area (Å²) >= 11 is 0. The third-order valence-electron chi connectivity index (χ3n) is 13.1. The molecule has 0 saturated heterocycles. The Morgan fingerprint density at radius 2 is 0.902 bits per heavy atom. The van der Waals surface area contributed by atoms with Crippen molar-refractivity contribution in [3.63, 3.8) is 0 Å². The lowest BCUT2D eigenvalue weighted by atomic mass is 9.80. The predicted octanol–water partition coefficient (Wildman–Crippen LogP) is 17.3. The zero-order valence-electron chi connectivity index (χ0n) is 34.3. The number of para-hydroxylation sites is 1. The van der Waals surface area contributed by atoms with Gasteiger partial charge in [0.1, 0.15) is 0 Å². The largest absolute Gasteiger partial charge is 0.310 e. The molecule has 1 fully saturated rings. The molecule has 0 spiro atoms. The predicted molar refractivity (Wildman–Crippen MR) is 261 cm³/mol. The Morgan fingerprint density at radius 3 is 1.70 bits per heavy atom. The molecule has 0 aromatic heterocycles. The van der Waals surface area contributed by atoms with Crippen LogP contribution in [0.4, 0.5) is 17.1 Å². The first-order valence-corrected chi connectivity index (χ1v) is 21.9. The Hall–Kier alpha value is -7.22. The van der Waals surface area contributed by atoms with Gasteiger partial charge >= 0.3 is 0 Å². The van der Waals surface area contributed by atoms with Crippen LogP contribution in [0.25, 0.3) is 76.8 Å². The van der Waals surface area contributed by atoms with Crippen LogP contribution in [0.3, 0.4) is 0 Å². The van der Waals surface area contributed by atoms with Crippen LogP contribution in [-0.4, -0.2) is 0 Å². The molecular formula is C60H47N. The standard InChI is InChI=1S/C60H47N/c1-3-15-42(16-4-1)43-31-33-44(34-32-43)45-35-38-50(39-36-45)61(51-23-11-22-49(41-51)53-26-14-28-55-52-24-8-7-19-47(52)37-40-56(53)55)59-30-10-9-25-57(59)58-29-13-21-48-20-12-27-54(60(48)58)46-17-5-2-6-18-46/h1,3-4,7-16,19-41,46H,2,5-6,17-18H2. The summed E-state index contributed by atoms with van der Waals surface area (Å²) in [7, 11) is 0. The first-order valence-electron chi connectivity index (χ1n) is 21.9. The SMILES string of the molecule is c1ccc(-c2ccc(-c3ccc(N(c4cccc(-c5cccc6c5ccc5ccccc56)c4)c4ccccc4-c4cccc5cccc(C6CCCCC6)c45)cc3)cc2)cc1. The molecule has 1 saturated carbocycles. The lowest BCUT2D eigenvalue weighted by Crippen LogP contribution is -2.11. The fourth-order valence-corrected chi connectivity index (χ4v) is 10.1. The van der Waals surface area contributed by atoms with Crippen molar-refractivity contribution >= 4 is 49.4 Å². The fourth-order valence-electron chi connectivity index (χ4n) is 10.1. The van der Waals surface area contributed by atoms with Crippen molar-refractivity contribution in [2.45, 2.75) is 38.0 Å². The number of rotatable bonds is 8. The second-order valence-electron chi connectivity index (χ2n) is 16.7. The number of anilines is 3. The molecule has 0 bridgehead atoms. The van der Waals surface area contributed by atoms with Crippen LogP contribution in [0.15, 0.2) is 218 Å². The summed E-state index contributed by atoms with van der Waals surface area (Å²) in [5.74, 6) is 0.589. The van der Waals surface area contributed by atoms with E-state index in [-0.39, 0.29) is 0 Å². The minimum absolute atomic E-state index is 0.589. The zero-order valence-corrected chi connectivity index (χ0v) is 34.3. The van der Waals surface area contributed by atoms with Gasteiger partial charge in [0.25, 0.3) is 0 Å². The highest BCUT2D eigenvalue weighted by Gasteiger charge is 2.23. The lowest BCUT2D eigenvalue weighted by Gasteiger charge is -2.29. The van der Waals surface area contributed by atoms with E-state index in [1.165, 1.54) is 114 Å². The van der Waals surface area contributed by atoms with Crippen LogP contribution < -0.4 is 4.90 Å². The first-order chi connectivity index (χ1) is 30.3.